The number of hydrogen-bond donors (Lipinski definition) is 0. The van der Waals surface area contributed by atoms with Crippen molar-refractivity contribution in [3.8, 4) is 0 Å². The second-order valence-electron chi connectivity index (χ2n) is 3.65. The summed E-state index contributed by atoms with van der Waals surface area (Å²) < 4.78 is 3.44. The van der Waals surface area contributed by atoms with Crippen molar-refractivity contribution in [3.05, 3.63) is 53.0 Å². The molecule has 0 aliphatic heterocycles. The third kappa shape index (κ3) is 3.24. The SMILES string of the molecule is Cc1cc(C(Br)c2cc(Br)sc2Br)ccc1Br. The van der Waals surface area contributed by atoms with Gasteiger partial charge in [0.1, 0.15) is 0 Å². The Bertz CT molecular complexity index is 547. The van der Waals surface area contributed by atoms with Gasteiger partial charge in [-0.1, -0.05) is 44.0 Å². The normalized spacial score (nSPS) is 12.8. The summed E-state index contributed by atoms with van der Waals surface area (Å²) in [5.74, 6) is 0. The van der Waals surface area contributed by atoms with E-state index in [0.29, 0.717) is 0 Å². The van der Waals surface area contributed by atoms with Gasteiger partial charge < -0.3 is 0 Å². The van der Waals surface area contributed by atoms with E-state index >= 15 is 0 Å². The fraction of sp³-hybridized carbons (Fsp3) is 0.167. The van der Waals surface area contributed by atoms with Crippen molar-refractivity contribution in [2.75, 3.05) is 0 Å². The van der Waals surface area contributed by atoms with Crippen molar-refractivity contribution in [3.63, 3.8) is 0 Å². The molecular weight excluding hydrogens is 496 g/mol. The fourth-order valence-corrected chi connectivity index (χ4v) is 5.78. The highest BCUT2D eigenvalue weighted by Crippen LogP contribution is 2.42. The van der Waals surface area contributed by atoms with Crippen LogP contribution in [-0.2, 0) is 0 Å². The first kappa shape index (κ1) is 14.3. The van der Waals surface area contributed by atoms with Crippen molar-refractivity contribution >= 4 is 75.1 Å². The van der Waals surface area contributed by atoms with Crippen LogP contribution in [0.2, 0.25) is 0 Å². The zero-order valence-electron chi connectivity index (χ0n) is 8.81. The summed E-state index contributed by atoms with van der Waals surface area (Å²) in [6.07, 6.45) is 0. The Labute approximate surface area is 138 Å². The van der Waals surface area contributed by atoms with E-state index in [0.717, 1.165) is 12.0 Å². The second kappa shape index (κ2) is 5.87. The molecule has 1 unspecified atom stereocenters. The molecule has 0 spiro atoms. The lowest BCUT2D eigenvalue weighted by atomic mass is 10.1. The molecule has 0 aliphatic rings. The topological polar surface area (TPSA) is 0 Å². The van der Waals surface area contributed by atoms with Crippen molar-refractivity contribution in [1.29, 1.82) is 0 Å². The van der Waals surface area contributed by atoms with E-state index in [2.05, 4.69) is 94.9 Å². The van der Waals surface area contributed by atoms with Crippen LogP contribution in [0.3, 0.4) is 0 Å². The quantitative estimate of drug-likeness (QED) is 0.394. The van der Waals surface area contributed by atoms with Gasteiger partial charge in [-0.2, -0.15) is 0 Å². The first-order valence-electron chi connectivity index (χ1n) is 4.84. The van der Waals surface area contributed by atoms with E-state index in [4.69, 9.17) is 0 Å². The molecule has 0 aliphatic carbocycles. The maximum Gasteiger partial charge on any atom is 0.0757 e. The van der Waals surface area contributed by atoms with Gasteiger partial charge in [0.25, 0.3) is 0 Å². The van der Waals surface area contributed by atoms with Gasteiger partial charge in [-0.05, 0) is 67.6 Å². The van der Waals surface area contributed by atoms with Crippen LogP contribution in [0.1, 0.15) is 21.5 Å². The van der Waals surface area contributed by atoms with Gasteiger partial charge in [0.05, 0.1) is 12.4 Å². The van der Waals surface area contributed by atoms with Gasteiger partial charge in [0.2, 0.25) is 0 Å². The van der Waals surface area contributed by atoms with Crippen molar-refractivity contribution in [1.82, 2.24) is 0 Å². The van der Waals surface area contributed by atoms with E-state index in [1.54, 1.807) is 11.3 Å². The molecule has 0 fully saturated rings. The van der Waals surface area contributed by atoms with Gasteiger partial charge >= 0.3 is 0 Å². The third-order valence-corrected chi connectivity index (χ3v) is 6.73. The lowest BCUT2D eigenvalue weighted by Gasteiger charge is -2.11. The molecule has 2 aromatic rings. The molecule has 0 saturated carbocycles. The van der Waals surface area contributed by atoms with Gasteiger partial charge in [-0.3, -0.25) is 0 Å². The molecule has 2 rings (SSSR count). The van der Waals surface area contributed by atoms with Crippen molar-refractivity contribution in [2.45, 2.75) is 11.8 Å². The highest BCUT2D eigenvalue weighted by atomic mass is 79.9. The van der Waals surface area contributed by atoms with Gasteiger partial charge in [0.15, 0.2) is 0 Å². The minimum Gasteiger partial charge on any atom is -0.121 e. The molecule has 1 aromatic carbocycles. The first-order chi connectivity index (χ1) is 7.99. The number of benzene rings is 1. The Hall–Kier alpha value is 0.840. The Morgan fingerprint density at radius 2 is 1.82 bits per heavy atom. The summed E-state index contributed by atoms with van der Waals surface area (Å²) in [5, 5.41) is 0. The van der Waals surface area contributed by atoms with Crippen LogP contribution < -0.4 is 0 Å². The largest absolute Gasteiger partial charge is 0.121 e. The van der Waals surface area contributed by atoms with E-state index in [-0.39, 0.29) is 4.83 Å². The number of hydrogen-bond acceptors (Lipinski definition) is 1. The summed E-state index contributed by atoms with van der Waals surface area (Å²) in [4.78, 5) is 0.214. The minimum atomic E-state index is 0.214. The monoisotopic (exact) mass is 500 g/mol. The molecule has 1 heterocycles. The highest BCUT2D eigenvalue weighted by molar-refractivity contribution is 9.12. The Morgan fingerprint density at radius 1 is 1.12 bits per heavy atom. The van der Waals surface area contributed by atoms with Crippen LogP contribution in [0.5, 0.6) is 0 Å². The van der Waals surface area contributed by atoms with Crippen molar-refractivity contribution < 1.29 is 0 Å². The predicted octanol–water partition coefficient (Wildman–Crippen LogP) is 6.83. The zero-order chi connectivity index (χ0) is 12.6. The number of alkyl halides is 1. The lowest BCUT2D eigenvalue weighted by Crippen LogP contribution is -1.92. The van der Waals surface area contributed by atoms with Crippen LogP contribution in [0.15, 0.2) is 36.3 Å². The molecule has 5 heteroatoms. The fourth-order valence-electron chi connectivity index (χ4n) is 1.53. The molecule has 0 saturated heterocycles. The van der Waals surface area contributed by atoms with E-state index < -0.39 is 0 Å². The molecule has 0 amide bonds. The predicted molar refractivity (Wildman–Crippen MR) is 89.4 cm³/mol. The summed E-state index contributed by atoms with van der Waals surface area (Å²) in [7, 11) is 0. The van der Waals surface area contributed by atoms with Gasteiger partial charge in [-0.25, -0.2) is 0 Å². The first-order valence-corrected chi connectivity index (χ1v) is 8.95. The molecule has 90 valence electrons. The molecule has 17 heavy (non-hydrogen) atoms. The van der Waals surface area contributed by atoms with Crippen LogP contribution in [-0.4, -0.2) is 0 Å². The van der Waals surface area contributed by atoms with E-state index in [9.17, 15) is 0 Å². The Balaban J connectivity index is 2.40. The van der Waals surface area contributed by atoms with Crippen molar-refractivity contribution in [2.24, 2.45) is 0 Å². The van der Waals surface area contributed by atoms with Gasteiger partial charge in [0, 0.05) is 4.47 Å². The maximum atomic E-state index is 3.76. The summed E-state index contributed by atoms with van der Waals surface area (Å²) in [6.45, 7) is 2.10. The maximum absolute atomic E-state index is 3.76. The molecule has 0 nitrogen and oxygen atoms in total. The lowest BCUT2D eigenvalue weighted by molar-refractivity contribution is 1.17. The van der Waals surface area contributed by atoms with Crippen LogP contribution in [0, 0.1) is 6.92 Å². The number of thiophene rings is 1. The van der Waals surface area contributed by atoms with Crippen LogP contribution >= 0.6 is 75.1 Å². The molecule has 0 N–H and O–H groups in total. The molecule has 1 atom stereocenters. The third-order valence-electron chi connectivity index (χ3n) is 2.43. The smallest absolute Gasteiger partial charge is 0.0757 e. The van der Waals surface area contributed by atoms with E-state index in [1.807, 2.05) is 0 Å². The number of rotatable bonds is 2. The minimum absolute atomic E-state index is 0.214. The standard InChI is InChI=1S/C12H8Br4S/c1-6-4-7(2-3-9(6)13)11(15)8-5-10(14)17-12(8)16/h2-5,11H,1H3. The highest BCUT2D eigenvalue weighted by Gasteiger charge is 2.16. The average Bonchev–Trinajstić information content (AvgIpc) is 2.61. The molecule has 1 aromatic heterocycles. The van der Waals surface area contributed by atoms with Crippen LogP contribution in [0.25, 0.3) is 0 Å². The number of aryl methyl sites for hydroxylation is 1. The van der Waals surface area contributed by atoms with Gasteiger partial charge in [-0.15, -0.1) is 11.3 Å². The molecule has 0 radical (unpaired) electrons. The number of halogens is 4. The molecular formula is C12H8Br4S. The Kier molecular flexibility index (Phi) is 4.92. The van der Waals surface area contributed by atoms with E-state index in [1.165, 1.54) is 16.7 Å². The summed E-state index contributed by atoms with van der Waals surface area (Å²) in [6, 6.07) is 8.57. The Morgan fingerprint density at radius 3 is 2.35 bits per heavy atom. The van der Waals surface area contributed by atoms with Crippen LogP contribution in [0.4, 0.5) is 0 Å². The second-order valence-corrected chi connectivity index (χ2v) is 9.17. The summed E-state index contributed by atoms with van der Waals surface area (Å²) in [5.41, 5.74) is 3.76. The average molecular weight is 504 g/mol. The summed E-state index contributed by atoms with van der Waals surface area (Å²) >= 11 is 16.1. The zero-order valence-corrected chi connectivity index (χ0v) is 16.0. The molecule has 0 bridgehead atoms.